The third-order valence-electron chi connectivity index (χ3n) is 3.21. The molecule has 0 atom stereocenters. The number of thioether (sulfide) groups is 1. The van der Waals surface area contributed by atoms with Gasteiger partial charge in [0, 0.05) is 23.0 Å². The first-order valence-electron chi connectivity index (χ1n) is 6.95. The van der Waals surface area contributed by atoms with Crippen molar-refractivity contribution in [3.63, 3.8) is 0 Å². The van der Waals surface area contributed by atoms with Crippen molar-refractivity contribution >= 4 is 23.4 Å². The number of benzene rings is 1. The number of carbonyl (C=O) groups excluding carboxylic acids is 1. The average molecular weight is 310 g/mol. The lowest BCUT2D eigenvalue weighted by atomic mass is 10.2. The number of carbonyl (C=O) groups is 1. The maximum atomic E-state index is 11.9. The van der Waals surface area contributed by atoms with Crippen LogP contribution in [0.1, 0.15) is 13.8 Å². The monoisotopic (exact) mass is 310 g/mol. The first-order valence-corrected chi connectivity index (χ1v) is 8.18. The molecule has 0 aliphatic carbocycles. The molecule has 1 aromatic carbocycles. The van der Waals surface area contributed by atoms with Crippen LogP contribution in [0.3, 0.4) is 0 Å². The fourth-order valence-corrected chi connectivity index (χ4v) is 2.12. The molecule has 0 aromatic heterocycles. The van der Waals surface area contributed by atoms with Gasteiger partial charge in [-0.2, -0.15) is 11.8 Å². The van der Waals surface area contributed by atoms with Crippen molar-refractivity contribution in [2.45, 2.75) is 18.6 Å². The molecule has 5 nitrogen and oxygen atoms in total. The van der Waals surface area contributed by atoms with Gasteiger partial charge in [-0.25, -0.2) is 0 Å². The van der Waals surface area contributed by atoms with E-state index in [9.17, 15) is 4.79 Å². The standard InChI is InChI=1S/C15H22N2O3S/c1-15(2,21-3)10-16-9-14(18)17-11-4-5-12-13(8-11)20-7-6-19-12/h4-5,8,16H,6-7,9-10H2,1-3H3,(H,17,18). The normalized spacial score (nSPS) is 13.9. The van der Waals surface area contributed by atoms with E-state index >= 15 is 0 Å². The zero-order valence-electron chi connectivity index (χ0n) is 12.7. The topological polar surface area (TPSA) is 59.6 Å². The Hall–Kier alpha value is -1.40. The molecule has 116 valence electrons. The third kappa shape index (κ3) is 4.82. The molecule has 0 saturated heterocycles. The summed E-state index contributed by atoms with van der Waals surface area (Å²) in [5.41, 5.74) is 0.718. The Labute approximate surface area is 129 Å². The van der Waals surface area contributed by atoms with Crippen molar-refractivity contribution in [2.24, 2.45) is 0 Å². The minimum Gasteiger partial charge on any atom is -0.486 e. The van der Waals surface area contributed by atoms with Crippen LogP contribution >= 0.6 is 11.8 Å². The predicted octanol–water partition coefficient (Wildman–Crippen LogP) is 2.13. The molecule has 2 N–H and O–H groups in total. The minimum atomic E-state index is -0.0661. The fourth-order valence-electron chi connectivity index (χ4n) is 1.88. The van der Waals surface area contributed by atoms with Crippen LogP contribution in [-0.2, 0) is 4.79 Å². The van der Waals surface area contributed by atoms with Gasteiger partial charge in [-0.1, -0.05) is 0 Å². The van der Waals surface area contributed by atoms with Crippen molar-refractivity contribution in [3.05, 3.63) is 18.2 Å². The summed E-state index contributed by atoms with van der Waals surface area (Å²) >= 11 is 1.77. The molecule has 6 heteroatoms. The van der Waals surface area contributed by atoms with Gasteiger partial charge < -0.3 is 20.1 Å². The van der Waals surface area contributed by atoms with E-state index in [0.29, 0.717) is 25.5 Å². The molecular formula is C15H22N2O3S. The number of hydrogen-bond donors (Lipinski definition) is 2. The number of ether oxygens (including phenoxy) is 2. The highest BCUT2D eigenvalue weighted by Crippen LogP contribution is 2.32. The maximum Gasteiger partial charge on any atom is 0.238 e. The molecule has 0 bridgehead atoms. The lowest BCUT2D eigenvalue weighted by Gasteiger charge is -2.22. The summed E-state index contributed by atoms with van der Waals surface area (Å²) < 4.78 is 11.1. The fraction of sp³-hybridized carbons (Fsp3) is 0.533. The Morgan fingerprint density at radius 3 is 2.71 bits per heavy atom. The molecule has 1 heterocycles. The van der Waals surface area contributed by atoms with Crippen molar-refractivity contribution in [1.29, 1.82) is 0 Å². The molecule has 2 rings (SSSR count). The van der Waals surface area contributed by atoms with Gasteiger partial charge in [-0.15, -0.1) is 0 Å². The molecule has 0 unspecified atom stereocenters. The number of anilines is 1. The SMILES string of the molecule is CSC(C)(C)CNCC(=O)Nc1ccc2c(c1)OCCO2. The number of rotatable bonds is 6. The van der Waals surface area contributed by atoms with E-state index in [1.165, 1.54) is 0 Å². The molecule has 0 spiro atoms. The second-order valence-corrected chi connectivity index (χ2v) is 6.99. The summed E-state index contributed by atoms with van der Waals surface area (Å²) in [6.07, 6.45) is 2.07. The van der Waals surface area contributed by atoms with E-state index in [4.69, 9.17) is 9.47 Å². The number of fused-ring (bicyclic) bond motifs is 1. The summed E-state index contributed by atoms with van der Waals surface area (Å²) in [5.74, 6) is 1.33. The van der Waals surface area contributed by atoms with Gasteiger partial charge in [-0.3, -0.25) is 4.79 Å². The molecular weight excluding hydrogens is 288 g/mol. The average Bonchev–Trinajstić information content (AvgIpc) is 2.47. The third-order valence-corrected chi connectivity index (χ3v) is 4.46. The van der Waals surface area contributed by atoms with Crippen molar-refractivity contribution < 1.29 is 14.3 Å². The first-order chi connectivity index (χ1) is 10.00. The Morgan fingerprint density at radius 1 is 1.29 bits per heavy atom. The van der Waals surface area contributed by atoms with Gasteiger partial charge >= 0.3 is 0 Å². The Morgan fingerprint density at radius 2 is 2.00 bits per heavy atom. The molecule has 21 heavy (non-hydrogen) atoms. The van der Waals surface area contributed by atoms with Crippen molar-refractivity contribution in [1.82, 2.24) is 5.32 Å². The van der Waals surface area contributed by atoms with Crippen LogP contribution < -0.4 is 20.1 Å². The van der Waals surface area contributed by atoms with Crippen molar-refractivity contribution in [3.8, 4) is 11.5 Å². The molecule has 1 aliphatic rings. The molecule has 1 aliphatic heterocycles. The number of nitrogens with one attached hydrogen (secondary N) is 2. The van der Waals surface area contributed by atoms with E-state index in [1.54, 1.807) is 17.8 Å². The predicted molar refractivity (Wildman–Crippen MR) is 86.5 cm³/mol. The maximum absolute atomic E-state index is 11.9. The van der Waals surface area contributed by atoms with Crippen LogP contribution in [0, 0.1) is 0 Å². The van der Waals surface area contributed by atoms with Gasteiger partial charge in [0.05, 0.1) is 6.54 Å². The lowest BCUT2D eigenvalue weighted by molar-refractivity contribution is -0.115. The van der Waals surface area contributed by atoms with Gasteiger partial charge in [0.15, 0.2) is 11.5 Å². The second-order valence-electron chi connectivity index (χ2n) is 5.47. The van der Waals surface area contributed by atoms with Crippen LogP contribution in [-0.4, -0.2) is 43.2 Å². The summed E-state index contributed by atoms with van der Waals surface area (Å²) in [6.45, 7) is 6.46. The number of amides is 1. The summed E-state index contributed by atoms with van der Waals surface area (Å²) in [5, 5.41) is 6.02. The van der Waals surface area contributed by atoms with Crippen LogP contribution in [0.4, 0.5) is 5.69 Å². The van der Waals surface area contributed by atoms with E-state index in [-0.39, 0.29) is 10.7 Å². The molecule has 1 aromatic rings. The zero-order chi connectivity index (χ0) is 15.3. The van der Waals surface area contributed by atoms with E-state index in [0.717, 1.165) is 18.0 Å². The van der Waals surface area contributed by atoms with Crippen LogP contribution in [0.25, 0.3) is 0 Å². The largest absolute Gasteiger partial charge is 0.486 e. The molecule has 1 amide bonds. The Kier molecular flexibility index (Phi) is 5.36. The summed E-state index contributed by atoms with van der Waals surface area (Å²) in [7, 11) is 0. The summed E-state index contributed by atoms with van der Waals surface area (Å²) in [4.78, 5) is 11.9. The highest BCUT2D eigenvalue weighted by atomic mass is 32.2. The van der Waals surface area contributed by atoms with Crippen LogP contribution in [0.5, 0.6) is 11.5 Å². The van der Waals surface area contributed by atoms with Gasteiger partial charge in [0.25, 0.3) is 0 Å². The van der Waals surface area contributed by atoms with Gasteiger partial charge in [-0.05, 0) is 32.2 Å². The Bertz CT molecular complexity index is 506. The Balaban J connectivity index is 1.83. The lowest BCUT2D eigenvalue weighted by Crippen LogP contribution is -2.37. The van der Waals surface area contributed by atoms with E-state index < -0.39 is 0 Å². The van der Waals surface area contributed by atoms with Crippen molar-refractivity contribution in [2.75, 3.05) is 37.9 Å². The minimum absolute atomic E-state index is 0.0661. The summed E-state index contributed by atoms with van der Waals surface area (Å²) in [6, 6.07) is 5.42. The van der Waals surface area contributed by atoms with E-state index in [2.05, 4.69) is 30.7 Å². The molecule has 0 saturated carbocycles. The van der Waals surface area contributed by atoms with Crippen LogP contribution in [0.2, 0.25) is 0 Å². The van der Waals surface area contributed by atoms with Gasteiger partial charge in [0.1, 0.15) is 13.2 Å². The number of hydrogen-bond acceptors (Lipinski definition) is 5. The van der Waals surface area contributed by atoms with E-state index in [1.807, 2.05) is 12.1 Å². The quantitative estimate of drug-likeness (QED) is 0.843. The highest BCUT2D eigenvalue weighted by molar-refractivity contribution is 7.99. The molecule has 0 radical (unpaired) electrons. The van der Waals surface area contributed by atoms with Crippen LogP contribution in [0.15, 0.2) is 18.2 Å². The second kappa shape index (κ2) is 7.04. The van der Waals surface area contributed by atoms with Gasteiger partial charge in [0.2, 0.25) is 5.91 Å². The first kappa shape index (κ1) is 16.0. The highest BCUT2D eigenvalue weighted by Gasteiger charge is 2.16. The molecule has 0 fully saturated rings. The zero-order valence-corrected chi connectivity index (χ0v) is 13.5. The smallest absolute Gasteiger partial charge is 0.238 e.